The summed E-state index contributed by atoms with van der Waals surface area (Å²) in [6.07, 6.45) is 2.12. The molecule has 0 heterocycles. The fraction of sp³-hybridized carbons (Fsp3) is 0.0400. The zero-order chi connectivity index (χ0) is 43.1. The van der Waals surface area contributed by atoms with Crippen LogP contribution in [-0.4, -0.2) is 0 Å². The molecule has 0 bridgehead atoms. The van der Waals surface area contributed by atoms with Crippen molar-refractivity contribution in [2.24, 2.45) is 0 Å². The molecule has 0 aliphatic heterocycles. The molecule has 8 aromatic rings. The number of hydrogen-bond acceptors (Lipinski definition) is 4. The van der Waals surface area contributed by atoms with Crippen LogP contribution in [0.25, 0.3) is 0 Å². The molecule has 0 aromatic heterocycles. The van der Waals surface area contributed by atoms with Gasteiger partial charge in [-0.15, -0.1) is 0 Å². The third kappa shape index (κ3) is 12.1. The Morgan fingerprint density at radius 1 is 0.311 bits per heavy atom. The van der Waals surface area contributed by atoms with Crippen LogP contribution in [0.1, 0.15) is 11.1 Å². The summed E-state index contributed by atoms with van der Waals surface area (Å²) in [5.41, 5.74) is 2.80. The Hall–Kier alpha value is -4.18. The van der Waals surface area contributed by atoms with E-state index in [4.69, 9.17) is 0 Å². The number of hydrogen-bond donors (Lipinski definition) is 0. The first-order chi connectivity index (χ1) is 29.4. The van der Waals surface area contributed by atoms with E-state index < -0.39 is 24.0 Å². The van der Waals surface area contributed by atoms with Crippen LogP contribution in [0.15, 0.2) is 243 Å². The Morgan fingerprint density at radius 2 is 0.475 bits per heavy atom. The van der Waals surface area contributed by atoms with Crippen LogP contribution < -0.4 is 31.8 Å². The van der Waals surface area contributed by atoms with Gasteiger partial charge in [-0.2, -0.15) is 0 Å². The minimum atomic E-state index is -6.97. The maximum absolute atomic E-state index is 10.4. The third-order valence-electron chi connectivity index (χ3n) is 10.5. The van der Waals surface area contributed by atoms with Crippen molar-refractivity contribution in [2.75, 3.05) is 0 Å². The van der Waals surface area contributed by atoms with Gasteiger partial charge in [0.15, 0.2) is 0 Å². The predicted molar refractivity (Wildman–Crippen MR) is 260 cm³/mol. The van der Waals surface area contributed by atoms with Gasteiger partial charge in [0, 0.05) is 0 Å². The van der Waals surface area contributed by atoms with Crippen LogP contribution in [0.5, 0.6) is 0 Å². The third-order valence-corrected chi connectivity index (χ3v) is 25.1. The van der Waals surface area contributed by atoms with Crippen molar-refractivity contribution >= 4 is 90.3 Å². The van der Waals surface area contributed by atoms with E-state index in [0.29, 0.717) is 0 Å². The Balaban J connectivity index is 0.000000171. The molecule has 0 aliphatic rings. The zero-order valence-corrected chi connectivity index (χ0v) is 39.2. The second-order valence-electron chi connectivity index (χ2n) is 14.3. The summed E-state index contributed by atoms with van der Waals surface area (Å²) >= 11 is 8.69. The fourth-order valence-electron chi connectivity index (χ4n) is 7.76. The molecular weight excluding hydrogens is 923 g/mol. The average molecular weight is 970 g/mol. The van der Waals surface area contributed by atoms with Crippen molar-refractivity contribution in [1.82, 2.24) is 0 Å². The number of benzene rings is 8. The van der Waals surface area contributed by atoms with E-state index in [0.717, 1.165) is 12.3 Å². The molecule has 11 heteroatoms. The topological polar surface area (TPSA) is 52.6 Å². The van der Waals surface area contributed by atoms with E-state index in [1.54, 1.807) is 0 Å². The molecule has 8 rings (SSSR count). The van der Waals surface area contributed by atoms with Gasteiger partial charge in [-0.25, -0.2) is 0 Å². The summed E-state index contributed by atoms with van der Waals surface area (Å²) < 4.78 is 27.1. The van der Waals surface area contributed by atoms with Gasteiger partial charge in [-0.3, -0.25) is 0 Å². The first kappa shape index (κ1) is 46.3. The van der Waals surface area contributed by atoms with E-state index in [2.05, 4.69) is 293 Å². The van der Waals surface area contributed by atoms with Crippen molar-refractivity contribution < 1.29 is 23.8 Å². The minimum absolute atomic E-state index is 1.06. The van der Waals surface area contributed by atoms with E-state index in [9.17, 15) is 7.67 Å². The van der Waals surface area contributed by atoms with Gasteiger partial charge in [-0.05, 0) is 0 Å². The van der Waals surface area contributed by atoms with Gasteiger partial charge in [-0.1, -0.05) is 0 Å². The average Bonchev–Trinajstić information content (AvgIpc) is 3.33. The summed E-state index contributed by atoms with van der Waals surface area (Å²) in [6.45, 7) is 0. The molecule has 0 N–H and O–H groups in total. The molecule has 8 aromatic carbocycles. The van der Waals surface area contributed by atoms with E-state index in [-0.39, 0.29) is 0 Å². The van der Waals surface area contributed by atoms with E-state index in [1.807, 2.05) is 0 Å². The normalized spacial score (nSPS) is 13.1. The van der Waals surface area contributed by atoms with Crippen molar-refractivity contribution in [2.45, 2.75) is 12.3 Å². The predicted octanol–water partition coefficient (Wildman–Crippen LogP) is 12.2. The Morgan fingerprint density at radius 3 is 0.623 bits per heavy atom. The summed E-state index contributed by atoms with van der Waals surface area (Å²) in [5.74, 6) is 0. The quantitative estimate of drug-likeness (QED) is 0.0904. The van der Waals surface area contributed by atoms with Crippen LogP contribution in [0.3, 0.4) is 0 Å². The Kier molecular flexibility index (Phi) is 15.4. The summed E-state index contributed by atoms with van der Waals surface area (Å²) in [7, 11) is -2.26. The second kappa shape index (κ2) is 20.3. The van der Waals surface area contributed by atoms with Crippen LogP contribution in [0.4, 0.5) is 0 Å². The van der Waals surface area contributed by atoms with E-state index in [1.165, 1.54) is 43.0 Å². The molecule has 0 radical (unpaired) electrons. The molecule has 315 valence electrons. The monoisotopic (exact) mass is 967 g/mol. The number of rotatable bonds is 12. The van der Waals surface area contributed by atoms with Crippen LogP contribution in [0.2, 0.25) is 0 Å². The van der Waals surface area contributed by atoms with Gasteiger partial charge in [0.05, 0.1) is 0 Å². The number of halogens is 4. The van der Waals surface area contributed by atoms with Gasteiger partial charge in [0.1, 0.15) is 0 Å². The van der Waals surface area contributed by atoms with Crippen molar-refractivity contribution in [3.05, 3.63) is 254 Å². The van der Waals surface area contributed by atoms with Crippen LogP contribution >= 0.6 is 58.5 Å². The van der Waals surface area contributed by atoms with Gasteiger partial charge in [0.2, 0.25) is 0 Å². The molecule has 4 nitrogen and oxygen atoms in total. The van der Waals surface area contributed by atoms with Gasteiger partial charge in [0.25, 0.3) is 0 Å². The molecule has 0 amide bonds. The fourth-order valence-corrected chi connectivity index (χ4v) is 17.6. The standard InChI is InChI=1S/2C25H23P.2ClO.2ClH.Mn.2O/c2*1-5-13-22(14-6-1)21-26(23-15-7-2-8-16-23,24-17-9-3-10-18-24)25-19-11-4-12-20-25;2*1-2;;;;;/h2*1-20,26H,21H2;;;2*1H;;;/q;;2*-1;;;+4;;/p-2. The molecule has 0 spiro atoms. The van der Waals surface area contributed by atoms with Crippen molar-refractivity contribution in [3.8, 4) is 0 Å². The molecule has 0 aliphatic carbocycles. The van der Waals surface area contributed by atoms with Gasteiger partial charge < -0.3 is 0 Å². The molecule has 0 fully saturated rings. The van der Waals surface area contributed by atoms with E-state index >= 15 is 0 Å². The molecule has 0 atom stereocenters. The maximum atomic E-state index is 10.4. The summed E-state index contributed by atoms with van der Waals surface area (Å²) in [4.78, 5) is 0. The summed E-state index contributed by atoms with van der Waals surface area (Å²) in [5, 5.41) is 8.76. The first-order valence-electron chi connectivity index (χ1n) is 19.4. The molecule has 0 saturated carbocycles. The Bertz CT molecular complexity index is 2350. The van der Waals surface area contributed by atoms with Gasteiger partial charge >= 0.3 is 380 Å². The zero-order valence-electron chi connectivity index (χ0n) is 33.0. The van der Waals surface area contributed by atoms with Crippen molar-refractivity contribution in [3.63, 3.8) is 0 Å². The van der Waals surface area contributed by atoms with Crippen LogP contribution in [0, 0.1) is 0 Å². The second-order valence-corrected chi connectivity index (χ2v) is 31.9. The molecule has 61 heavy (non-hydrogen) atoms. The molecule has 0 saturated heterocycles. The van der Waals surface area contributed by atoms with Crippen LogP contribution in [-0.2, 0) is 36.2 Å². The molecule has 0 unspecified atom stereocenters. The summed E-state index contributed by atoms with van der Waals surface area (Å²) in [6, 6.07) is 88.4. The SMILES string of the molecule is [O]=[Mn](=[O])([Cl])([Cl])([O]Cl)[O]Cl.c1ccc(C[PH](c2ccccc2)(c2ccccc2)c2ccccc2)cc1.c1ccc(C[PH](c2ccccc2)(c2ccccc2)c2ccccc2)cc1. The van der Waals surface area contributed by atoms with Crippen molar-refractivity contribution in [1.29, 1.82) is 0 Å². The Labute approximate surface area is 377 Å². The molecular formula is C50H46Cl4MnO4P2. The first-order valence-corrected chi connectivity index (χ1v) is 29.6.